The molecule has 0 aliphatic heterocycles. The lowest BCUT2D eigenvalue weighted by Gasteiger charge is -2.27. The van der Waals surface area contributed by atoms with Crippen LogP contribution in [0.2, 0.25) is 0 Å². The number of carbonyl (C=O) groups is 1. The highest BCUT2D eigenvalue weighted by Gasteiger charge is 2.24. The maximum atomic E-state index is 12.0. The van der Waals surface area contributed by atoms with Gasteiger partial charge in [0.2, 0.25) is 0 Å². The third-order valence-corrected chi connectivity index (χ3v) is 4.41. The summed E-state index contributed by atoms with van der Waals surface area (Å²) >= 11 is 1.34. The molecule has 1 amide bonds. The molecule has 7 nitrogen and oxygen atoms in total. The van der Waals surface area contributed by atoms with Crippen molar-refractivity contribution in [3.63, 3.8) is 0 Å². The third-order valence-electron chi connectivity index (χ3n) is 3.86. The molecule has 2 N–H and O–H groups in total. The zero-order chi connectivity index (χ0) is 17.9. The van der Waals surface area contributed by atoms with Gasteiger partial charge < -0.3 is 15.4 Å². The van der Waals surface area contributed by atoms with E-state index in [2.05, 4.69) is 31.3 Å². The summed E-state index contributed by atoms with van der Waals surface area (Å²) in [5.41, 5.74) is 3.63. The minimum absolute atomic E-state index is 0.0714. The molecule has 0 aromatic carbocycles. The van der Waals surface area contributed by atoms with Crippen LogP contribution in [0.4, 0.5) is 10.5 Å². The van der Waals surface area contributed by atoms with Gasteiger partial charge in [-0.15, -0.1) is 5.10 Å². The maximum Gasteiger partial charge on any atom is 0.407 e. The summed E-state index contributed by atoms with van der Waals surface area (Å²) < 4.78 is 9.19. The van der Waals surface area contributed by atoms with Crippen LogP contribution >= 0.6 is 11.5 Å². The van der Waals surface area contributed by atoms with Gasteiger partial charge in [0.25, 0.3) is 0 Å². The second-order valence-corrected chi connectivity index (χ2v) is 7.78. The molecular weight excluding hydrogens is 338 g/mol. The fourth-order valence-corrected chi connectivity index (χ4v) is 3.22. The van der Waals surface area contributed by atoms with Crippen molar-refractivity contribution >= 4 is 23.3 Å². The number of nitrogens with zero attached hydrogens (tertiary/aromatic N) is 3. The maximum absolute atomic E-state index is 12.0. The summed E-state index contributed by atoms with van der Waals surface area (Å²) in [4.78, 5) is 16.5. The quantitative estimate of drug-likeness (QED) is 0.870. The Bertz CT molecular complexity index is 727. The molecule has 2 aromatic rings. The Morgan fingerprint density at radius 3 is 3.00 bits per heavy atom. The van der Waals surface area contributed by atoms with Crippen molar-refractivity contribution < 1.29 is 9.53 Å². The number of anilines is 1. The van der Waals surface area contributed by atoms with E-state index >= 15 is 0 Å². The zero-order valence-electron chi connectivity index (χ0n) is 14.7. The van der Waals surface area contributed by atoms with Crippen LogP contribution in [0.5, 0.6) is 0 Å². The predicted octanol–water partition coefficient (Wildman–Crippen LogP) is 2.93. The van der Waals surface area contributed by atoms with Gasteiger partial charge in [-0.1, -0.05) is 4.49 Å². The highest BCUT2D eigenvalue weighted by atomic mass is 32.1. The number of pyridine rings is 1. The average molecular weight is 361 g/mol. The SMILES string of the molecule is CC(C)(C)OC(=O)NC1CCc2ncc(NCc3csnn3)cc2C1. The Hall–Kier alpha value is -2.22. The summed E-state index contributed by atoms with van der Waals surface area (Å²) in [5.74, 6) is 0. The lowest BCUT2D eigenvalue weighted by molar-refractivity contribution is 0.0500. The van der Waals surface area contributed by atoms with Crippen molar-refractivity contribution in [1.29, 1.82) is 0 Å². The van der Waals surface area contributed by atoms with Crippen molar-refractivity contribution in [2.24, 2.45) is 0 Å². The Balaban J connectivity index is 1.59. The van der Waals surface area contributed by atoms with E-state index in [9.17, 15) is 4.79 Å². The van der Waals surface area contributed by atoms with Gasteiger partial charge in [0.15, 0.2) is 0 Å². The molecule has 0 saturated carbocycles. The Morgan fingerprint density at radius 2 is 2.28 bits per heavy atom. The minimum atomic E-state index is -0.486. The van der Waals surface area contributed by atoms with Gasteiger partial charge in [-0.3, -0.25) is 4.98 Å². The third kappa shape index (κ3) is 5.12. The predicted molar refractivity (Wildman–Crippen MR) is 96.7 cm³/mol. The largest absolute Gasteiger partial charge is 0.444 e. The molecule has 2 aromatic heterocycles. The van der Waals surface area contributed by atoms with Crippen LogP contribution in [-0.4, -0.2) is 32.3 Å². The number of fused-ring (bicyclic) bond motifs is 1. The molecule has 8 heteroatoms. The van der Waals surface area contributed by atoms with E-state index in [0.29, 0.717) is 6.54 Å². The number of carbonyl (C=O) groups excluding carboxylic acids is 1. The van der Waals surface area contributed by atoms with Gasteiger partial charge in [0.05, 0.1) is 24.1 Å². The van der Waals surface area contributed by atoms with Gasteiger partial charge in [0, 0.05) is 17.1 Å². The number of nitrogens with one attached hydrogen (secondary N) is 2. The van der Waals surface area contributed by atoms with E-state index in [4.69, 9.17) is 4.74 Å². The van der Waals surface area contributed by atoms with Crippen molar-refractivity contribution in [3.8, 4) is 0 Å². The van der Waals surface area contributed by atoms with E-state index in [1.54, 1.807) is 0 Å². The van der Waals surface area contributed by atoms with Gasteiger partial charge >= 0.3 is 6.09 Å². The molecule has 0 saturated heterocycles. The molecule has 0 fully saturated rings. The smallest absolute Gasteiger partial charge is 0.407 e. The lowest BCUT2D eigenvalue weighted by atomic mass is 9.91. The van der Waals surface area contributed by atoms with Crippen molar-refractivity contribution in [2.75, 3.05) is 5.32 Å². The van der Waals surface area contributed by atoms with Gasteiger partial charge in [0.1, 0.15) is 5.60 Å². The number of aromatic nitrogens is 3. The van der Waals surface area contributed by atoms with E-state index in [-0.39, 0.29) is 12.1 Å². The highest BCUT2D eigenvalue weighted by molar-refractivity contribution is 7.03. The second kappa shape index (κ2) is 7.35. The molecule has 0 bridgehead atoms. The Labute approximate surface area is 151 Å². The van der Waals surface area contributed by atoms with E-state index < -0.39 is 5.60 Å². The monoisotopic (exact) mass is 361 g/mol. The second-order valence-electron chi connectivity index (χ2n) is 7.17. The standard InChI is InChI=1S/C17H23N5O2S/c1-17(2,3)24-16(23)20-12-4-5-15-11(6-12)7-13(8-19-15)18-9-14-10-25-22-21-14/h7-8,10,12,18H,4-6,9H2,1-3H3,(H,20,23). The lowest BCUT2D eigenvalue weighted by Crippen LogP contribution is -2.42. The molecular formula is C17H23N5O2S. The first-order chi connectivity index (χ1) is 11.9. The topological polar surface area (TPSA) is 89.0 Å². The van der Waals surface area contributed by atoms with Crippen LogP contribution in [0.15, 0.2) is 17.6 Å². The Morgan fingerprint density at radius 1 is 1.44 bits per heavy atom. The number of aryl methyl sites for hydroxylation is 1. The number of alkyl carbamates (subject to hydrolysis) is 1. The summed E-state index contributed by atoms with van der Waals surface area (Å²) in [6, 6.07) is 2.17. The van der Waals surface area contributed by atoms with E-state index in [1.807, 2.05) is 32.3 Å². The molecule has 1 unspecified atom stereocenters. The number of amides is 1. The van der Waals surface area contributed by atoms with E-state index in [0.717, 1.165) is 41.9 Å². The summed E-state index contributed by atoms with van der Waals surface area (Å²) in [6.07, 6.45) is 3.97. The van der Waals surface area contributed by atoms with E-state index in [1.165, 1.54) is 11.5 Å². The normalized spacial score (nSPS) is 16.8. The number of rotatable bonds is 4. The van der Waals surface area contributed by atoms with Crippen molar-refractivity contribution in [1.82, 2.24) is 19.9 Å². The van der Waals surface area contributed by atoms with Crippen molar-refractivity contribution in [3.05, 3.63) is 34.6 Å². The molecule has 1 aliphatic rings. The summed E-state index contributed by atoms with van der Waals surface area (Å²) in [6.45, 7) is 6.21. The van der Waals surface area contributed by atoms with Crippen molar-refractivity contribution in [2.45, 2.75) is 58.2 Å². The van der Waals surface area contributed by atoms with Crippen LogP contribution in [-0.2, 0) is 24.1 Å². The van der Waals surface area contributed by atoms with Gasteiger partial charge in [-0.25, -0.2) is 4.79 Å². The number of ether oxygens (including phenoxy) is 1. The first-order valence-corrected chi connectivity index (χ1v) is 9.20. The molecule has 25 heavy (non-hydrogen) atoms. The fraction of sp³-hybridized carbons (Fsp3) is 0.529. The average Bonchev–Trinajstić information content (AvgIpc) is 3.04. The Kier molecular flexibility index (Phi) is 5.17. The van der Waals surface area contributed by atoms with Crippen LogP contribution in [0, 0.1) is 0 Å². The molecule has 2 heterocycles. The molecule has 0 spiro atoms. The first-order valence-electron chi connectivity index (χ1n) is 8.36. The van der Waals surface area contributed by atoms with Crippen LogP contribution in [0.1, 0.15) is 44.1 Å². The van der Waals surface area contributed by atoms with Gasteiger partial charge in [-0.2, -0.15) is 0 Å². The number of hydrogen-bond donors (Lipinski definition) is 2. The minimum Gasteiger partial charge on any atom is -0.444 e. The van der Waals surface area contributed by atoms with Crippen LogP contribution < -0.4 is 10.6 Å². The van der Waals surface area contributed by atoms with Crippen LogP contribution in [0.25, 0.3) is 0 Å². The molecule has 1 atom stereocenters. The number of hydrogen-bond acceptors (Lipinski definition) is 7. The molecule has 3 rings (SSSR count). The molecule has 0 radical (unpaired) electrons. The first kappa shape index (κ1) is 17.6. The summed E-state index contributed by atoms with van der Waals surface area (Å²) in [7, 11) is 0. The highest BCUT2D eigenvalue weighted by Crippen LogP contribution is 2.23. The van der Waals surface area contributed by atoms with Gasteiger partial charge in [-0.05, 0) is 63.2 Å². The molecule has 134 valence electrons. The fourth-order valence-electron chi connectivity index (χ4n) is 2.77. The van der Waals surface area contributed by atoms with Crippen LogP contribution in [0.3, 0.4) is 0 Å². The summed E-state index contributed by atoms with van der Waals surface area (Å²) in [5, 5.41) is 12.2. The zero-order valence-corrected chi connectivity index (χ0v) is 15.5. The molecule has 1 aliphatic carbocycles.